The average Bonchev–Trinajstić information content (AvgIpc) is 3.34. The summed E-state index contributed by atoms with van der Waals surface area (Å²) in [4.78, 5) is 20.2. The number of aliphatic hydroxyl groups excluding tert-OH is 1. The van der Waals surface area contributed by atoms with E-state index in [0.29, 0.717) is 30.3 Å². The van der Waals surface area contributed by atoms with E-state index in [9.17, 15) is 9.90 Å². The fraction of sp³-hybridized carbons (Fsp3) is 0.368. The van der Waals surface area contributed by atoms with Crippen LogP contribution in [0.2, 0.25) is 0 Å². The quantitative estimate of drug-likeness (QED) is 0.701. The van der Waals surface area contributed by atoms with Crippen LogP contribution in [0.15, 0.2) is 36.0 Å². The number of aliphatic hydroxyl groups is 1. The summed E-state index contributed by atoms with van der Waals surface area (Å²) in [6, 6.07) is 4.99. The van der Waals surface area contributed by atoms with Crippen LogP contribution < -0.4 is 9.47 Å². The van der Waals surface area contributed by atoms with E-state index in [-0.39, 0.29) is 12.5 Å². The molecule has 1 aliphatic heterocycles. The van der Waals surface area contributed by atoms with Crippen LogP contribution in [0.4, 0.5) is 0 Å². The molecule has 1 aliphatic rings. The van der Waals surface area contributed by atoms with Crippen molar-refractivity contribution in [3.8, 4) is 11.5 Å². The minimum absolute atomic E-state index is 0.197. The summed E-state index contributed by atoms with van der Waals surface area (Å²) in [5.74, 6) is 0.949. The van der Waals surface area contributed by atoms with Gasteiger partial charge < -0.3 is 24.2 Å². The molecule has 0 radical (unpaired) electrons. The number of aromatic nitrogens is 2. The Balaban J connectivity index is 1.72. The standard InChI is InChI=1S/C19H21N3O5S/c1-25-14-4-3-12(9-15(14)26-2)17-16(11-23)27-7-5-22(17)18(24)13-10-21-6-8-28-19(21)20-13/h3-4,6,8-10,16-17,23H,5,7,11H2,1-2H3/t16-,17-/m1/s1. The smallest absolute Gasteiger partial charge is 0.274 e. The van der Waals surface area contributed by atoms with Gasteiger partial charge in [-0.25, -0.2) is 4.98 Å². The minimum atomic E-state index is -0.542. The SMILES string of the molecule is COc1ccc([C@@H]2[C@@H](CO)OCCN2C(=O)c2cn3ccsc3n2)cc1OC. The van der Waals surface area contributed by atoms with Gasteiger partial charge in [-0.1, -0.05) is 6.07 Å². The zero-order valence-corrected chi connectivity index (χ0v) is 16.4. The Morgan fingerprint density at radius 2 is 2.18 bits per heavy atom. The fourth-order valence-corrected chi connectivity index (χ4v) is 4.22. The van der Waals surface area contributed by atoms with E-state index in [4.69, 9.17) is 14.2 Å². The Bertz CT molecular complexity index is 957. The monoisotopic (exact) mass is 403 g/mol. The van der Waals surface area contributed by atoms with Crippen molar-refractivity contribution in [3.05, 3.63) is 47.2 Å². The van der Waals surface area contributed by atoms with Crippen LogP contribution in [0.1, 0.15) is 22.1 Å². The molecule has 2 aromatic heterocycles. The maximum absolute atomic E-state index is 13.3. The van der Waals surface area contributed by atoms with E-state index < -0.39 is 12.1 Å². The molecule has 1 saturated heterocycles. The van der Waals surface area contributed by atoms with Crippen molar-refractivity contribution < 1.29 is 24.1 Å². The summed E-state index contributed by atoms with van der Waals surface area (Å²) >= 11 is 1.47. The van der Waals surface area contributed by atoms with Gasteiger partial charge in [-0.05, 0) is 17.7 Å². The predicted octanol–water partition coefficient (Wildman–Crippen LogP) is 1.99. The highest BCUT2D eigenvalue weighted by Crippen LogP contribution is 2.36. The lowest BCUT2D eigenvalue weighted by atomic mass is 9.97. The first-order valence-electron chi connectivity index (χ1n) is 8.83. The third-order valence-electron chi connectivity index (χ3n) is 4.85. The first kappa shape index (κ1) is 18.7. The van der Waals surface area contributed by atoms with Crippen LogP contribution in [0.25, 0.3) is 4.96 Å². The van der Waals surface area contributed by atoms with Crippen LogP contribution in [-0.4, -0.2) is 65.4 Å². The molecule has 2 atom stereocenters. The number of benzene rings is 1. The Labute approximate surface area is 165 Å². The molecular formula is C19H21N3O5S. The van der Waals surface area contributed by atoms with Crippen molar-refractivity contribution in [1.29, 1.82) is 0 Å². The molecule has 1 amide bonds. The molecule has 1 aromatic carbocycles. The molecule has 148 valence electrons. The van der Waals surface area contributed by atoms with Crippen LogP contribution >= 0.6 is 11.3 Å². The fourth-order valence-electron chi connectivity index (χ4n) is 3.52. The Hall–Kier alpha value is -2.62. The Morgan fingerprint density at radius 1 is 1.36 bits per heavy atom. The lowest BCUT2D eigenvalue weighted by molar-refractivity contribution is -0.0812. The van der Waals surface area contributed by atoms with Gasteiger partial charge in [-0.3, -0.25) is 9.20 Å². The van der Waals surface area contributed by atoms with Gasteiger partial charge in [0.05, 0.1) is 33.5 Å². The highest BCUT2D eigenvalue weighted by Gasteiger charge is 2.37. The zero-order chi connectivity index (χ0) is 19.7. The number of hydrogen-bond donors (Lipinski definition) is 1. The van der Waals surface area contributed by atoms with E-state index >= 15 is 0 Å². The van der Waals surface area contributed by atoms with Crippen LogP contribution in [-0.2, 0) is 4.74 Å². The number of imidazole rings is 1. The molecule has 9 heteroatoms. The highest BCUT2D eigenvalue weighted by molar-refractivity contribution is 7.15. The van der Waals surface area contributed by atoms with Crippen molar-refractivity contribution in [3.63, 3.8) is 0 Å². The molecule has 3 heterocycles. The highest BCUT2D eigenvalue weighted by atomic mass is 32.1. The largest absolute Gasteiger partial charge is 0.493 e. The molecule has 0 saturated carbocycles. The van der Waals surface area contributed by atoms with E-state index in [0.717, 1.165) is 10.5 Å². The molecule has 0 unspecified atom stereocenters. The van der Waals surface area contributed by atoms with Gasteiger partial charge in [-0.15, -0.1) is 11.3 Å². The number of rotatable bonds is 5. The number of methoxy groups -OCH3 is 2. The Kier molecular flexibility index (Phi) is 5.21. The van der Waals surface area contributed by atoms with E-state index in [2.05, 4.69) is 4.98 Å². The first-order valence-corrected chi connectivity index (χ1v) is 9.71. The maximum atomic E-state index is 13.3. The van der Waals surface area contributed by atoms with Gasteiger partial charge in [0.1, 0.15) is 11.8 Å². The first-order chi connectivity index (χ1) is 13.7. The molecule has 1 fully saturated rings. The number of morpholine rings is 1. The number of nitrogens with zero attached hydrogens (tertiary/aromatic N) is 3. The zero-order valence-electron chi connectivity index (χ0n) is 15.6. The normalized spacial score (nSPS) is 19.8. The van der Waals surface area contributed by atoms with Crippen LogP contribution in [0.5, 0.6) is 11.5 Å². The van der Waals surface area contributed by atoms with Gasteiger partial charge in [0.25, 0.3) is 5.91 Å². The number of amides is 1. The number of ether oxygens (including phenoxy) is 3. The van der Waals surface area contributed by atoms with E-state index in [1.54, 1.807) is 31.4 Å². The third-order valence-corrected chi connectivity index (χ3v) is 5.63. The van der Waals surface area contributed by atoms with Gasteiger partial charge in [0.2, 0.25) is 0 Å². The lowest BCUT2D eigenvalue weighted by Crippen LogP contribution is -2.49. The van der Waals surface area contributed by atoms with Crippen LogP contribution in [0.3, 0.4) is 0 Å². The molecule has 3 aromatic rings. The predicted molar refractivity (Wildman–Crippen MR) is 103 cm³/mol. The summed E-state index contributed by atoms with van der Waals surface area (Å²) in [5, 5.41) is 11.8. The van der Waals surface area contributed by atoms with Crippen molar-refractivity contribution in [2.24, 2.45) is 0 Å². The Morgan fingerprint density at radius 3 is 2.89 bits per heavy atom. The number of carbonyl (C=O) groups is 1. The van der Waals surface area contributed by atoms with Crippen molar-refractivity contribution >= 4 is 22.2 Å². The molecule has 8 nitrogen and oxygen atoms in total. The number of carbonyl (C=O) groups excluding carboxylic acids is 1. The summed E-state index contributed by atoms with van der Waals surface area (Å²) in [5.41, 5.74) is 1.17. The summed E-state index contributed by atoms with van der Waals surface area (Å²) < 4.78 is 18.3. The molecule has 1 N–H and O–H groups in total. The molecule has 0 bridgehead atoms. The average molecular weight is 403 g/mol. The van der Waals surface area contributed by atoms with Crippen molar-refractivity contribution in [1.82, 2.24) is 14.3 Å². The second-order valence-electron chi connectivity index (χ2n) is 6.37. The van der Waals surface area contributed by atoms with Gasteiger partial charge in [-0.2, -0.15) is 0 Å². The van der Waals surface area contributed by atoms with Crippen LogP contribution in [0, 0.1) is 0 Å². The summed E-state index contributed by atoms with van der Waals surface area (Å²) in [6.07, 6.45) is 3.05. The minimum Gasteiger partial charge on any atom is -0.493 e. The van der Waals surface area contributed by atoms with Gasteiger partial charge in [0, 0.05) is 24.3 Å². The topological polar surface area (TPSA) is 85.5 Å². The maximum Gasteiger partial charge on any atom is 0.274 e. The second-order valence-corrected chi connectivity index (χ2v) is 7.24. The number of hydrogen-bond acceptors (Lipinski definition) is 7. The molecule has 28 heavy (non-hydrogen) atoms. The summed E-state index contributed by atoms with van der Waals surface area (Å²) in [6.45, 7) is 0.545. The molecule has 0 spiro atoms. The second kappa shape index (κ2) is 7.78. The lowest BCUT2D eigenvalue weighted by Gasteiger charge is -2.40. The number of fused-ring (bicyclic) bond motifs is 1. The number of thiazole rings is 1. The van der Waals surface area contributed by atoms with Gasteiger partial charge in [0.15, 0.2) is 16.5 Å². The molecule has 4 rings (SSSR count). The van der Waals surface area contributed by atoms with Gasteiger partial charge >= 0.3 is 0 Å². The molecular weight excluding hydrogens is 382 g/mol. The third kappa shape index (κ3) is 3.21. The van der Waals surface area contributed by atoms with Crippen molar-refractivity contribution in [2.45, 2.75) is 12.1 Å². The van der Waals surface area contributed by atoms with E-state index in [1.807, 2.05) is 28.1 Å². The van der Waals surface area contributed by atoms with Crippen molar-refractivity contribution in [2.75, 3.05) is 34.0 Å². The molecule has 0 aliphatic carbocycles. The summed E-state index contributed by atoms with van der Waals surface area (Å²) in [7, 11) is 3.13. The van der Waals surface area contributed by atoms with E-state index in [1.165, 1.54) is 11.3 Å².